The highest BCUT2D eigenvalue weighted by atomic mass is 32.1. The fourth-order valence-electron chi connectivity index (χ4n) is 3.08. The van der Waals surface area contributed by atoms with Gasteiger partial charge >= 0.3 is 0 Å². The van der Waals surface area contributed by atoms with E-state index in [1.165, 1.54) is 42.7 Å². The van der Waals surface area contributed by atoms with E-state index >= 15 is 0 Å². The standard InChI is InChI=1S/C20H21N3S/c1-2-6-16(7-3-1)14-21-20-22-19(15-24-20)17-8-10-18(11-9-17)23-12-4-5-13-23/h1-3,6-11,15H,4-5,12-14H2,(H,21,22). The van der Waals surface area contributed by atoms with E-state index in [4.69, 9.17) is 4.98 Å². The molecule has 3 aromatic rings. The van der Waals surface area contributed by atoms with Crippen LogP contribution in [0.5, 0.6) is 0 Å². The zero-order valence-electron chi connectivity index (χ0n) is 13.6. The summed E-state index contributed by atoms with van der Waals surface area (Å²) in [5.41, 5.74) is 4.82. The molecule has 0 unspecified atom stereocenters. The molecule has 1 fully saturated rings. The van der Waals surface area contributed by atoms with Gasteiger partial charge in [-0.05, 0) is 30.5 Å². The van der Waals surface area contributed by atoms with Gasteiger partial charge in [-0.3, -0.25) is 0 Å². The molecule has 1 N–H and O–H groups in total. The quantitative estimate of drug-likeness (QED) is 0.709. The molecule has 0 atom stereocenters. The topological polar surface area (TPSA) is 28.2 Å². The van der Waals surface area contributed by atoms with E-state index in [2.05, 4.69) is 64.1 Å². The maximum Gasteiger partial charge on any atom is 0.183 e. The van der Waals surface area contributed by atoms with Crippen LogP contribution in [0, 0.1) is 0 Å². The number of rotatable bonds is 5. The van der Waals surface area contributed by atoms with Gasteiger partial charge in [-0.2, -0.15) is 0 Å². The van der Waals surface area contributed by atoms with Crippen LogP contribution in [-0.4, -0.2) is 18.1 Å². The van der Waals surface area contributed by atoms with E-state index in [0.717, 1.165) is 17.4 Å². The van der Waals surface area contributed by atoms with E-state index in [1.807, 2.05) is 6.07 Å². The Bertz CT molecular complexity index is 774. The highest BCUT2D eigenvalue weighted by Crippen LogP contribution is 2.28. The Morgan fingerprint density at radius 2 is 1.71 bits per heavy atom. The first kappa shape index (κ1) is 15.2. The van der Waals surface area contributed by atoms with Crippen LogP contribution in [-0.2, 0) is 6.54 Å². The SMILES string of the molecule is c1ccc(CNc2nc(-c3ccc(N4CCCC4)cc3)cs2)cc1. The van der Waals surface area contributed by atoms with Gasteiger partial charge in [0, 0.05) is 36.3 Å². The Hall–Kier alpha value is -2.33. The molecule has 0 saturated carbocycles. The Morgan fingerprint density at radius 1 is 0.958 bits per heavy atom. The average Bonchev–Trinajstić information content (AvgIpc) is 3.33. The fourth-order valence-corrected chi connectivity index (χ4v) is 3.80. The Morgan fingerprint density at radius 3 is 2.46 bits per heavy atom. The van der Waals surface area contributed by atoms with Crippen molar-refractivity contribution >= 4 is 22.2 Å². The van der Waals surface area contributed by atoms with Crippen molar-refractivity contribution in [2.75, 3.05) is 23.3 Å². The summed E-state index contributed by atoms with van der Waals surface area (Å²) in [6.45, 7) is 3.18. The van der Waals surface area contributed by atoms with Crippen molar-refractivity contribution in [3.8, 4) is 11.3 Å². The molecule has 0 spiro atoms. The Kier molecular flexibility index (Phi) is 4.47. The Balaban J connectivity index is 1.42. The predicted octanol–water partition coefficient (Wildman–Crippen LogP) is 5.02. The largest absolute Gasteiger partial charge is 0.372 e. The van der Waals surface area contributed by atoms with Crippen molar-refractivity contribution in [2.45, 2.75) is 19.4 Å². The smallest absolute Gasteiger partial charge is 0.183 e. The lowest BCUT2D eigenvalue weighted by atomic mass is 10.1. The molecule has 0 radical (unpaired) electrons. The van der Waals surface area contributed by atoms with Crippen LogP contribution in [0.3, 0.4) is 0 Å². The normalized spacial score (nSPS) is 14.1. The third kappa shape index (κ3) is 3.44. The molecule has 1 saturated heterocycles. The second-order valence-electron chi connectivity index (χ2n) is 6.12. The highest BCUT2D eigenvalue weighted by Gasteiger charge is 2.12. The third-order valence-electron chi connectivity index (χ3n) is 4.43. The average molecular weight is 335 g/mol. The van der Waals surface area contributed by atoms with Gasteiger partial charge < -0.3 is 10.2 Å². The van der Waals surface area contributed by atoms with E-state index in [0.29, 0.717) is 0 Å². The van der Waals surface area contributed by atoms with Crippen LogP contribution >= 0.6 is 11.3 Å². The lowest BCUT2D eigenvalue weighted by molar-refractivity contribution is 0.949. The van der Waals surface area contributed by atoms with Crippen LogP contribution in [0.15, 0.2) is 60.0 Å². The van der Waals surface area contributed by atoms with Crippen LogP contribution in [0.2, 0.25) is 0 Å². The van der Waals surface area contributed by atoms with Crippen molar-refractivity contribution in [2.24, 2.45) is 0 Å². The molecule has 2 heterocycles. The minimum Gasteiger partial charge on any atom is -0.372 e. The summed E-state index contributed by atoms with van der Waals surface area (Å²) < 4.78 is 0. The lowest BCUT2D eigenvalue weighted by Crippen LogP contribution is -2.17. The number of nitrogens with one attached hydrogen (secondary N) is 1. The Labute approximate surface area is 147 Å². The number of nitrogens with zero attached hydrogens (tertiary/aromatic N) is 2. The zero-order chi connectivity index (χ0) is 16.2. The second kappa shape index (κ2) is 7.05. The van der Waals surface area contributed by atoms with Gasteiger partial charge in [-0.15, -0.1) is 11.3 Å². The number of anilines is 2. The molecule has 4 rings (SSSR count). The number of aromatic nitrogens is 1. The summed E-state index contributed by atoms with van der Waals surface area (Å²) in [5, 5.41) is 6.50. The highest BCUT2D eigenvalue weighted by molar-refractivity contribution is 7.14. The summed E-state index contributed by atoms with van der Waals surface area (Å²) in [7, 11) is 0. The molecule has 4 heteroatoms. The summed E-state index contributed by atoms with van der Waals surface area (Å²) in [6.07, 6.45) is 2.62. The van der Waals surface area contributed by atoms with Gasteiger partial charge in [0.1, 0.15) is 0 Å². The zero-order valence-corrected chi connectivity index (χ0v) is 14.4. The molecular weight excluding hydrogens is 314 g/mol. The van der Waals surface area contributed by atoms with E-state index in [-0.39, 0.29) is 0 Å². The van der Waals surface area contributed by atoms with Crippen LogP contribution in [0.1, 0.15) is 18.4 Å². The van der Waals surface area contributed by atoms with E-state index < -0.39 is 0 Å². The number of hydrogen-bond donors (Lipinski definition) is 1. The van der Waals surface area contributed by atoms with Gasteiger partial charge in [-0.1, -0.05) is 42.5 Å². The maximum atomic E-state index is 4.72. The first-order valence-electron chi connectivity index (χ1n) is 8.47. The lowest BCUT2D eigenvalue weighted by Gasteiger charge is -2.17. The number of thiazole rings is 1. The van der Waals surface area contributed by atoms with Gasteiger partial charge in [-0.25, -0.2) is 4.98 Å². The monoisotopic (exact) mass is 335 g/mol. The predicted molar refractivity (Wildman–Crippen MR) is 103 cm³/mol. The summed E-state index contributed by atoms with van der Waals surface area (Å²) in [5.74, 6) is 0. The van der Waals surface area contributed by atoms with Crippen molar-refractivity contribution in [3.05, 3.63) is 65.5 Å². The van der Waals surface area contributed by atoms with Crippen molar-refractivity contribution in [3.63, 3.8) is 0 Å². The molecule has 0 aliphatic carbocycles. The molecular formula is C20H21N3S. The summed E-state index contributed by atoms with van der Waals surface area (Å²) in [6, 6.07) is 19.2. The fraction of sp³-hybridized carbons (Fsp3) is 0.250. The van der Waals surface area contributed by atoms with Crippen LogP contribution in [0.4, 0.5) is 10.8 Å². The van der Waals surface area contributed by atoms with Gasteiger partial charge in [0.05, 0.1) is 5.69 Å². The molecule has 2 aromatic carbocycles. The van der Waals surface area contributed by atoms with Gasteiger partial charge in [0.2, 0.25) is 0 Å². The second-order valence-corrected chi connectivity index (χ2v) is 6.98. The van der Waals surface area contributed by atoms with Crippen molar-refractivity contribution < 1.29 is 0 Å². The molecule has 0 bridgehead atoms. The first-order chi connectivity index (χ1) is 11.9. The van der Waals surface area contributed by atoms with Crippen LogP contribution in [0.25, 0.3) is 11.3 Å². The van der Waals surface area contributed by atoms with E-state index in [1.54, 1.807) is 11.3 Å². The summed E-state index contributed by atoms with van der Waals surface area (Å²) in [4.78, 5) is 7.17. The third-order valence-corrected chi connectivity index (χ3v) is 5.23. The summed E-state index contributed by atoms with van der Waals surface area (Å²) >= 11 is 1.66. The number of benzene rings is 2. The van der Waals surface area contributed by atoms with Crippen molar-refractivity contribution in [1.29, 1.82) is 0 Å². The molecule has 1 aliphatic rings. The number of hydrogen-bond acceptors (Lipinski definition) is 4. The molecule has 122 valence electrons. The molecule has 24 heavy (non-hydrogen) atoms. The van der Waals surface area contributed by atoms with Gasteiger partial charge in [0.15, 0.2) is 5.13 Å². The first-order valence-corrected chi connectivity index (χ1v) is 9.35. The van der Waals surface area contributed by atoms with Gasteiger partial charge in [0.25, 0.3) is 0 Å². The molecule has 1 aromatic heterocycles. The molecule has 0 amide bonds. The minimum absolute atomic E-state index is 0.807. The van der Waals surface area contributed by atoms with Crippen LogP contribution < -0.4 is 10.2 Å². The van der Waals surface area contributed by atoms with Crippen molar-refractivity contribution in [1.82, 2.24) is 4.98 Å². The molecule has 3 nitrogen and oxygen atoms in total. The maximum absolute atomic E-state index is 4.72. The van der Waals surface area contributed by atoms with E-state index in [9.17, 15) is 0 Å². The minimum atomic E-state index is 0.807. The molecule has 1 aliphatic heterocycles.